The third kappa shape index (κ3) is 2.97. The van der Waals surface area contributed by atoms with Gasteiger partial charge in [0.15, 0.2) is 0 Å². The van der Waals surface area contributed by atoms with E-state index in [0.29, 0.717) is 25.3 Å². The van der Waals surface area contributed by atoms with E-state index in [1.54, 1.807) is 0 Å². The van der Waals surface area contributed by atoms with E-state index in [9.17, 15) is 4.79 Å². The number of rotatable bonds is 2. The third-order valence-electron chi connectivity index (χ3n) is 4.40. The molecule has 1 aliphatic rings. The number of aromatic nitrogens is 1. The van der Waals surface area contributed by atoms with Crippen LogP contribution in [0.4, 0.5) is 0 Å². The fraction of sp³-hybridized carbons (Fsp3) is 0.211. The molecule has 1 atom stereocenters. The highest BCUT2D eigenvalue weighted by Gasteiger charge is 2.26. The second-order valence-corrected chi connectivity index (χ2v) is 6.86. The van der Waals surface area contributed by atoms with Crippen LogP contribution >= 0.6 is 15.9 Å². The first-order chi connectivity index (χ1) is 11.7. The largest absolute Gasteiger partial charge is 0.370 e. The van der Waals surface area contributed by atoms with Crippen molar-refractivity contribution in [1.29, 1.82) is 0 Å². The van der Waals surface area contributed by atoms with E-state index in [4.69, 9.17) is 4.74 Å². The number of halogens is 1. The number of hydrogen-bond acceptors (Lipinski definition) is 2. The summed E-state index contributed by atoms with van der Waals surface area (Å²) >= 11 is 3.44. The van der Waals surface area contributed by atoms with Gasteiger partial charge in [0, 0.05) is 28.3 Å². The van der Waals surface area contributed by atoms with Crippen LogP contribution in [0.3, 0.4) is 0 Å². The zero-order valence-corrected chi connectivity index (χ0v) is 14.6. The smallest absolute Gasteiger partial charge is 0.254 e. The van der Waals surface area contributed by atoms with Crippen LogP contribution in [0, 0.1) is 0 Å². The van der Waals surface area contributed by atoms with Crippen LogP contribution in [0.2, 0.25) is 0 Å². The maximum absolute atomic E-state index is 12.8. The maximum Gasteiger partial charge on any atom is 0.254 e. The van der Waals surface area contributed by atoms with Gasteiger partial charge in [0.1, 0.15) is 6.10 Å². The summed E-state index contributed by atoms with van der Waals surface area (Å²) in [5.41, 5.74) is 2.79. The van der Waals surface area contributed by atoms with Crippen molar-refractivity contribution in [2.75, 3.05) is 19.7 Å². The highest BCUT2D eigenvalue weighted by Crippen LogP contribution is 2.25. The van der Waals surface area contributed by atoms with Crippen molar-refractivity contribution >= 4 is 32.7 Å². The van der Waals surface area contributed by atoms with Crippen LogP contribution in [0.15, 0.2) is 59.2 Å². The number of morpholine rings is 1. The number of carbonyl (C=O) groups is 1. The fourth-order valence-electron chi connectivity index (χ4n) is 3.08. The minimum Gasteiger partial charge on any atom is -0.370 e. The van der Waals surface area contributed by atoms with Gasteiger partial charge in [-0.1, -0.05) is 34.1 Å². The second kappa shape index (κ2) is 6.42. The Morgan fingerprint density at radius 3 is 2.83 bits per heavy atom. The molecule has 0 spiro atoms. The Bertz CT molecular complexity index is 872. The van der Waals surface area contributed by atoms with E-state index in [-0.39, 0.29) is 12.0 Å². The van der Waals surface area contributed by atoms with Crippen molar-refractivity contribution in [2.24, 2.45) is 0 Å². The Balaban J connectivity index is 1.54. The van der Waals surface area contributed by atoms with Gasteiger partial charge in [-0.05, 0) is 41.3 Å². The topological polar surface area (TPSA) is 45.3 Å². The summed E-state index contributed by atoms with van der Waals surface area (Å²) in [6.07, 6.45) is 1.81. The molecule has 5 heteroatoms. The zero-order valence-electron chi connectivity index (χ0n) is 13.0. The van der Waals surface area contributed by atoms with Gasteiger partial charge >= 0.3 is 0 Å². The van der Waals surface area contributed by atoms with Crippen molar-refractivity contribution in [2.45, 2.75) is 6.10 Å². The molecule has 4 nitrogen and oxygen atoms in total. The monoisotopic (exact) mass is 384 g/mol. The Hall–Kier alpha value is -2.11. The third-order valence-corrected chi connectivity index (χ3v) is 4.93. The molecule has 1 aliphatic heterocycles. The van der Waals surface area contributed by atoms with Gasteiger partial charge in [0.2, 0.25) is 0 Å². The highest BCUT2D eigenvalue weighted by atomic mass is 79.9. The summed E-state index contributed by atoms with van der Waals surface area (Å²) in [5.74, 6) is 0.0527. The van der Waals surface area contributed by atoms with E-state index in [0.717, 1.165) is 20.9 Å². The first-order valence-corrected chi connectivity index (χ1v) is 8.73. The molecular formula is C19H17BrN2O2. The average Bonchev–Trinajstić information content (AvgIpc) is 3.09. The normalized spacial score (nSPS) is 18.0. The number of carbonyl (C=O) groups excluding carboxylic acids is 1. The SMILES string of the molecule is O=C(c1ccc2cc[nH]c2c1)N1CCO[C@H](c2ccc(Br)cc2)C1. The average molecular weight is 385 g/mol. The molecule has 0 radical (unpaired) electrons. The van der Waals surface area contributed by atoms with Gasteiger partial charge in [-0.3, -0.25) is 4.79 Å². The van der Waals surface area contributed by atoms with Gasteiger partial charge in [0.25, 0.3) is 5.91 Å². The first-order valence-electron chi connectivity index (χ1n) is 7.94. The Labute approximate surface area is 148 Å². The number of amides is 1. The minimum atomic E-state index is -0.0787. The molecule has 24 heavy (non-hydrogen) atoms. The number of fused-ring (bicyclic) bond motifs is 1. The Morgan fingerprint density at radius 1 is 1.17 bits per heavy atom. The molecule has 2 aromatic carbocycles. The maximum atomic E-state index is 12.8. The van der Waals surface area contributed by atoms with Gasteiger partial charge in [0.05, 0.1) is 13.2 Å². The standard InChI is InChI=1S/C19H17BrN2O2/c20-16-5-3-14(4-6-16)18-12-22(9-10-24-18)19(23)15-2-1-13-7-8-21-17(13)11-15/h1-8,11,18,21H,9-10,12H2/t18-/m0/s1. The molecule has 0 unspecified atom stereocenters. The van der Waals surface area contributed by atoms with Gasteiger partial charge in [-0.15, -0.1) is 0 Å². The minimum absolute atomic E-state index is 0.0527. The van der Waals surface area contributed by atoms with Crippen molar-refractivity contribution in [3.63, 3.8) is 0 Å². The molecule has 122 valence electrons. The summed E-state index contributed by atoms with van der Waals surface area (Å²) in [6.45, 7) is 1.75. The molecule has 1 aromatic heterocycles. The van der Waals surface area contributed by atoms with E-state index in [2.05, 4.69) is 20.9 Å². The Kier molecular flexibility index (Phi) is 4.12. The lowest BCUT2D eigenvalue weighted by atomic mass is 10.1. The van der Waals surface area contributed by atoms with E-state index >= 15 is 0 Å². The first kappa shape index (κ1) is 15.4. The quantitative estimate of drug-likeness (QED) is 0.721. The molecule has 3 aromatic rings. The lowest BCUT2D eigenvalue weighted by molar-refractivity contribution is -0.0228. The van der Waals surface area contributed by atoms with Crippen LogP contribution in [-0.2, 0) is 4.74 Å². The molecule has 1 amide bonds. The summed E-state index contributed by atoms with van der Waals surface area (Å²) in [4.78, 5) is 17.9. The van der Waals surface area contributed by atoms with Crippen molar-refractivity contribution < 1.29 is 9.53 Å². The van der Waals surface area contributed by atoms with E-state index < -0.39 is 0 Å². The van der Waals surface area contributed by atoms with Crippen LogP contribution in [0.5, 0.6) is 0 Å². The summed E-state index contributed by atoms with van der Waals surface area (Å²) < 4.78 is 6.90. The number of ether oxygens (including phenoxy) is 1. The van der Waals surface area contributed by atoms with Gasteiger partial charge in [-0.25, -0.2) is 0 Å². The molecule has 4 rings (SSSR count). The van der Waals surface area contributed by atoms with Gasteiger partial charge < -0.3 is 14.6 Å². The predicted octanol–water partition coefficient (Wildman–Crippen LogP) is 4.14. The molecule has 0 aliphatic carbocycles. The number of H-pyrrole nitrogens is 1. The number of nitrogens with one attached hydrogen (secondary N) is 1. The molecule has 0 saturated carbocycles. The van der Waals surface area contributed by atoms with Crippen LogP contribution in [-0.4, -0.2) is 35.5 Å². The number of hydrogen-bond donors (Lipinski definition) is 1. The van der Waals surface area contributed by atoms with E-state index in [1.807, 2.05) is 59.6 Å². The number of aromatic amines is 1. The predicted molar refractivity (Wildman–Crippen MR) is 97.0 cm³/mol. The summed E-state index contributed by atoms with van der Waals surface area (Å²) in [5, 5.41) is 1.11. The summed E-state index contributed by atoms with van der Waals surface area (Å²) in [6, 6.07) is 15.9. The molecule has 2 heterocycles. The fourth-order valence-corrected chi connectivity index (χ4v) is 3.34. The Morgan fingerprint density at radius 2 is 2.00 bits per heavy atom. The molecule has 0 bridgehead atoms. The van der Waals surface area contributed by atoms with Crippen LogP contribution in [0.1, 0.15) is 22.0 Å². The second-order valence-electron chi connectivity index (χ2n) is 5.94. The zero-order chi connectivity index (χ0) is 16.5. The molecule has 1 saturated heterocycles. The van der Waals surface area contributed by atoms with Crippen LogP contribution in [0.25, 0.3) is 10.9 Å². The molecular weight excluding hydrogens is 368 g/mol. The van der Waals surface area contributed by atoms with Crippen molar-refractivity contribution in [1.82, 2.24) is 9.88 Å². The van der Waals surface area contributed by atoms with E-state index in [1.165, 1.54) is 0 Å². The molecule has 1 fully saturated rings. The lowest BCUT2D eigenvalue weighted by Gasteiger charge is -2.33. The molecule has 1 N–H and O–H groups in total. The summed E-state index contributed by atoms with van der Waals surface area (Å²) in [7, 11) is 0. The highest BCUT2D eigenvalue weighted by molar-refractivity contribution is 9.10. The number of nitrogens with zero attached hydrogens (tertiary/aromatic N) is 1. The van der Waals surface area contributed by atoms with Crippen molar-refractivity contribution in [3.8, 4) is 0 Å². The number of benzene rings is 2. The van der Waals surface area contributed by atoms with Crippen LogP contribution < -0.4 is 0 Å². The lowest BCUT2D eigenvalue weighted by Crippen LogP contribution is -2.42. The van der Waals surface area contributed by atoms with Gasteiger partial charge in [-0.2, -0.15) is 0 Å². The van der Waals surface area contributed by atoms with Crippen molar-refractivity contribution in [3.05, 3.63) is 70.3 Å².